The van der Waals surface area contributed by atoms with Crippen LogP contribution in [0.1, 0.15) is 45.7 Å². The first-order chi connectivity index (χ1) is 7.26. The zero-order valence-electron chi connectivity index (χ0n) is 11.2. The second-order valence-corrected chi connectivity index (χ2v) is 6.41. The van der Waals surface area contributed by atoms with Crippen LogP contribution in [0, 0.1) is 5.41 Å². The molecule has 1 rings (SSSR count). The van der Waals surface area contributed by atoms with Gasteiger partial charge in [0.05, 0.1) is 0 Å². The highest BCUT2D eigenvalue weighted by Crippen LogP contribution is 2.30. The number of hydrogen-bond donors (Lipinski definition) is 1. The molecule has 0 aliphatic heterocycles. The molecule has 0 saturated heterocycles. The minimum Gasteiger partial charge on any atom is -0.396 e. The molecule has 0 atom stereocenters. The van der Waals surface area contributed by atoms with Crippen LogP contribution < -0.4 is 0 Å². The average Bonchev–Trinajstić information content (AvgIpc) is 2.16. The maximum Gasteiger partial charge on any atom is 0.0485 e. The van der Waals surface area contributed by atoms with E-state index in [4.69, 9.17) is 0 Å². The van der Waals surface area contributed by atoms with E-state index < -0.39 is 0 Å². The molecule has 0 aromatic heterocycles. The molecule has 0 heterocycles. The number of aliphatic hydroxyl groups is 1. The number of hydrogen-bond acceptors (Lipinski definition) is 1. The fraction of sp³-hybridized carbons (Fsp3) is 0.600. The van der Waals surface area contributed by atoms with Gasteiger partial charge in [-0.1, -0.05) is 58.9 Å². The van der Waals surface area contributed by atoms with Crippen molar-refractivity contribution in [1.29, 1.82) is 0 Å². The predicted octanol–water partition coefficient (Wildman–Crippen LogP) is 3.55. The lowest BCUT2D eigenvalue weighted by atomic mass is 9.78. The van der Waals surface area contributed by atoms with Crippen LogP contribution in [0.3, 0.4) is 0 Å². The van der Waals surface area contributed by atoms with Crippen molar-refractivity contribution in [2.24, 2.45) is 5.41 Å². The molecule has 0 saturated carbocycles. The Labute approximate surface area is 99.5 Å². The minimum atomic E-state index is -0.0403. The molecule has 1 N–H and O–H groups in total. The van der Waals surface area contributed by atoms with Gasteiger partial charge < -0.3 is 5.11 Å². The van der Waals surface area contributed by atoms with Gasteiger partial charge in [-0.2, -0.15) is 0 Å². The van der Waals surface area contributed by atoms with E-state index in [1.165, 1.54) is 11.1 Å². The van der Waals surface area contributed by atoms with Crippen molar-refractivity contribution < 1.29 is 5.11 Å². The fourth-order valence-corrected chi connectivity index (χ4v) is 1.98. The normalized spacial score (nSPS) is 12.9. The van der Waals surface area contributed by atoms with Gasteiger partial charge in [0.15, 0.2) is 0 Å². The zero-order valence-corrected chi connectivity index (χ0v) is 11.2. The zero-order chi connectivity index (χ0) is 12.4. The molecular formula is C15H24O. The Hall–Kier alpha value is -0.820. The Morgan fingerprint density at radius 2 is 1.56 bits per heavy atom. The standard InChI is InChI=1S/C15H24O/c1-14(2,3)13-9-7-6-8-12(13)10-15(4,5)11-16/h6-9,16H,10-11H2,1-5H3. The van der Waals surface area contributed by atoms with Crippen LogP contribution in [0.15, 0.2) is 24.3 Å². The summed E-state index contributed by atoms with van der Waals surface area (Å²) in [5.41, 5.74) is 2.87. The highest BCUT2D eigenvalue weighted by atomic mass is 16.3. The molecule has 0 radical (unpaired) electrons. The van der Waals surface area contributed by atoms with Crippen molar-refractivity contribution in [3.63, 3.8) is 0 Å². The summed E-state index contributed by atoms with van der Waals surface area (Å²) in [7, 11) is 0. The molecule has 1 heteroatoms. The largest absolute Gasteiger partial charge is 0.396 e. The Balaban J connectivity index is 3.06. The monoisotopic (exact) mass is 220 g/mol. The highest BCUT2D eigenvalue weighted by Gasteiger charge is 2.22. The molecule has 1 aromatic carbocycles. The van der Waals surface area contributed by atoms with Gasteiger partial charge in [-0.25, -0.2) is 0 Å². The summed E-state index contributed by atoms with van der Waals surface area (Å²) < 4.78 is 0. The van der Waals surface area contributed by atoms with Crippen molar-refractivity contribution in [3.8, 4) is 0 Å². The summed E-state index contributed by atoms with van der Waals surface area (Å²) in [6, 6.07) is 8.55. The topological polar surface area (TPSA) is 20.2 Å². The molecule has 1 aromatic rings. The Bertz CT molecular complexity index is 345. The van der Waals surface area contributed by atoms with E-state index in [1.54, 1.807) is 0 Å². The third kappa shape index (κ3) is 3.34. The van der Waals surface area contributed by atoms with Crippen LogP contribution in [0.5, 0.6) is 0 Å². The van der Waals surface area contributed by atoms with Gasteiger partial charge >= 0.3 is 0 Å². The molecule has 0 amide bonds. The first kappa shape index (κ1) is 13.2. The van der Waals surface area contributed by atoms with E-state index in [0.29, 0.717) is 0 Å². The summed E-state index contributed by atoms with van der Waals surface area (Å²) in [6.45, 7) is 11.1. The van der Waals surface area contributed by atoms with Crippen LogP contribution in [0.2, 0.25) is 0 Å². The Kier molecular flexibility index (Phi) is 3.80. The maximum atomic E-state index is 9.35. The van der Waals surface area contributed by atoms with Crippen LogP contribution in [0.25, 0.3) is 0 Å². The first-order valence-electron chi connectivity index (χ1n) is 5.95. The molecule has 0 aliphatic carbocycles. The molecule has 0 bridgehead atoms. The third-order valence-corrected chi connectivity index (χ3v) is 2.92. The molecule has 0 unspecified atom stereocenters. The van der Waals surface area contributed by atoms with Gasteiger partial charge in [-0.15, -0.1) is 0 Å². The number of aliphatic hydroxyl groups excluding tert-OH is 1. The molecule has 90 valence electrons. The van der Waals surface area contributed by atoms with Gasteiger partial charge in [0, 0.05) is 6.61 Å². The summed E-state index contributed by atoms with van der Waals surface area (Å²) >= 11 is 0. The predicted molar refractivity (Wildman–Crippen MR) is 69.7 cm³/mol. The summed E-state index contributed by atoms with van der Waals surface area (Å²) in [6.07, 6.45) is 0.928. The first-order valence-corrected chi connectivity index (χ1v) is 5.95. The number of benzene rings is 1. The van der Waals surface area contributed by atoms with E-state index in [2.05, 4.69) is 58.9 Å². The Morgan fingerprint density at radius 3 is 2.06 bits per heavy atom. The van der Waals surface area contributed by atoms with E-state index >= 15 is 0 Å². The smallest absolute Gasteiger partial charge is 0.0485 e. The SMILES string of the molecule is CC(C)(CO)Cc1ccccc1C(C)(C)C. The molecule has 0 spiro atoms. The quantitative estimate of drug-likeness (QED) is 0.826. The van der Waals surface area contributed by atoms with E-state index in [-0.39, 0.29) is 17.4 Å². The average molecular weight is 220 g/mol. The number of rotatable bonds is 3. The van der Waals surface area contributed by atoms with Gasteiger partial charge in [-0.3, -0.25) is 0 Å². The van der Waals surface area contributed by atoms with Gasteiger partial charge in [0.2, 0.25) is 0 Å². The van der Waals surface area contributed by atoms with Crippen LogP contribution in [-0.4, -0.2) is 11.7 Å². The van der Waals surface area contributed by atoms with Crippen molar-refractivity contribution >= 4 is 0 Å². The molecule has 16 heavy (non-hydrogen) atoms. The van der Waals surface area contributed by atoms with Gasteiger partial charge in [-0.05, 0) is 28.4 Å². The summed E-state index contributed by atoms with van der Waals surface area (Å²) in [5.74, 6) is 0. The van der Waals surface area contributed by atoms with E-state index in [9.17, 15) is 5.11 Å². The van der Waals surface area contributed by atoms with Crippen LogP contribution in [-0.2, 0) is 11.8 Å². The van der Waals surface area contributed by atoms with Gasteiger partial charge in [0.25, 0.3) is 0 Å². The third-order valence-electron chi connectivity index (χ3n) is 2.92. The summed E-state index contributed by atoms with van der Waals surface area (Å²) in [4.78, 5) is 0. The second-order valence-electron chi connectivity index (χ2n) is 6.41. The van der Waals surface area contributed by atoms with Crippen LogP contribution >= 0.6 is 0 Å². The maximum absolute atomic E-state index is 9.35. The minimum absolute atomic E-state index is 0.0403. The lowest BCUT2D eigenvalue weighted by Gasteiger charge is -2.28. The lowest BCUT2D eigenvalue weighted by Crippen LogP contribution is -2.23. The lowest BCUT2D eigenvalue weighted by molar-refractivity contribution is 0.159. The molecule has 1 nitrogen and oxygen atoms in total. The van der Waals surface area contributed by atoms with Crippen molar-refractivity contribution in [3.05, 3.63) is 35.4 Å². The second kappa shape index (κ2) is 4.58. The fourth-order valence-electron chi connectivity index (χ4n) is 1.98. The van der Waals surface area contributed by atoms with E-state index in [0.717, 1.165) is 6.42 Å². The highest BCUT2D eigenvalue weighted by molar-refractivity contribution is 5.33. The van der Waals surface area contributed by atoms with Crippen molar-refractivity contribution in [2.45, 2.75) is 46.5 Å². The van der Waals surface area contributed by atoms with E-state index in [1.807, 2.05) is 0 Å². The molecule has 0 aliphatic rings. The van der Waals surface area contributed by atoms with Crippen LogP contribution in [0.4, 0.5) is 0 Å². The Morgan fingerprint density at radius 1 is 1.00 bits per heavy atom. The van der Waals surface area contributed by atoms with Crippen molar-refractivity contribution in [2.75, 3.05) is 6.61 Å². The molecular weight excluding hydrogens is 196 g/mol. The van der Waals surface area contributed by atoms with Crippen molar-refractivity contribution in [1.82, 2.24) is 0 Å². The van der Waals surface area contributed by atoms with Gasteiger partial charge in [0.1, 0.15) is 0 Å². The summed E-state index contributed by atoms with van der Waals surface area (Å²) in [5, 5.41) is 9.35. The molecule has 0 fully saturated rings.